The summed E-state index contributed by atoms with van der Waals surface area (Å²) < 4.78 is 51.5. The van der Waals surface area contributed by atoms with Crippen LogP contribution >= 0.6 is 0 Å². The molecule has 1 heterocycles. The molecule has 3 atom stereocenters. The largest absolute Gasteiger partial charge is 0.466 e. The Morgan fingerprint density at radius 1 is 1.00 bits per heavy atom. The zero-order chi connectivity index (χ0) is 24.8. The molecule has 1 amide bonds. The van der Waals surface area contributed by atoms with Crippen LogP contribution in [0, 0.1) is 5.92 Å². The first kappa shape index (κ1) is 27.8. The maximum absolute atomic E-state index is 12.9. The lowest BCUT2D eigenvalue weighted by atomic mass is 9.87. The Kier molecular flexibility index (Phi) is 9.96. The molecular formula is C22H39NO9S. The molecule has 0 N–H and O–H groups in total. The molecule has 0 aromatic heterocycles. The SMILES string of the molecule is CCOC(=O)[C@H]1CC[C@H](OC[C@@H]2[C@@H](OCC)[C@@H](OS(C)(=O)=O)CN2C(=O)OC(C)(C)C)CC1. The highest BCUT2D eigenvalue weighted by Crippen LogP contribution is 2.31. The number of carbonyl (C=O) groups excluding carboxylic acids is 2. The van der Waals surface area contributed by atoms with Gasteiger partial charge in [-0.3, -0.25) is 13.9 Å². The van der Waals surface area contributed by atoms with E-state index in [1.807, 2.05) is 0 Å². The van der Waals surface area contributed by atoms with E-state index in [0.717, 1.165) is 6.26 Å². The third kappa shape index (κ3) is 8.70. The van der Waals surface area contributed by atoms with E-state index in [1.165, 1.54) is 4.90 Å². The van der Waals surface area contributed by atoms with Crippen LogP contribution in [0.1, 0.15) is 60.3 Å². The predicted octanol–water partition coefficient (Wildman–Crippen LogP) is 2.49. The molecule has 0 aromatic rings. The fraction of sp³-hybridized carbons (Fsp3) is 0.909. The van der Waals surface area contributed by atoms with E-state index in [4.69, 9.17) is 23.1 Å². The summed E-state index contributed by atoms with van der Waals surface area (Å²) in [5.41, 5.74) is -0.717. The summed E-state index contributed by atoms with van der Waals surface area (Å²) in [6.07, 6.45) is 1.53. The molecule has 33 heavy (non-hydrogen) atoms. The van der Waals surface area contributed by atoms with E-state index < -0.39 is 40.1 Å². The van der Waals surface area contributed by atoms with Gasteiger partial charge in [-0.05, 0) is 60.3 Å². The third-order valence-electron chi connectivity index (χ3n) is 5.60. The Balaban J connectivity index is 2.09. The van der Waals surface area contributed by atoms with Crippen LogP contribution in [-0.2, 0) is 38.0 Å². The molecule has 10 nitrogen and oxygen atoms in total. The monoisotopic (exact) mass is 493 g/mol. The zero-order valence-electron chi connectivity index (χ0n) is 20.6. The number of amides is 1. The molecular weight excluding hydrogens is 454 g/mol. The minimum atomic E-state index is -3.76. The van der Waals surface area contributed by atoms with Gasteiger partial charge in [0.25, 0.3) is 10.1 Å². The lowest BCUT2D eigenvalue weighted by Crippen LogP contribution is -2.46. The fourth-order valence-electron chi connectivity index (χ4n) is 4.25. The number of rotatable bonds is 9. The van der Waals surface area contributed by atoms with Crippen molar-refractivity contribution in [2.75, 3.05) is 32.6 Å². The van der Waals surface area contributed by atoms with E-state index in [-0.39, 0.29) is 31.1 Å². The van der Waals surface area contributed by atoms with Crippen LogP contribution in [0.3, 0.4) is 0 Å². The van der Waals surface area contributed by atoms with Crippen LogP contribution in [0.4, 0.5) is 4.79 Å². The van der Waals surface area contributed by atoms with Gasteiger partial charge < -0.3 is 18.9 Å². The molecule has 1 saturated heterocycles. The lowest BCUT2D eigenvalue weighted by Gasteiger charge is -2.32. The van der Waals surface area contributed by atoms with Gasteiger partial charge >= 0.3 is 12.1 Å². The molecule has 2 rings (SSSR count). The van der Waals surface area contributed by atoms with Gasteiger partial charge in [0.05, 0.1) is 44.1 Å². The van der Waals surface area contributed by atoms with Crippen LogP contribution in [0.2, 0.25) is 0 Å². The van der Waals surface area contributed by atoms with Crippen molar-refractivity contribution in [3.05, 3.63) is 0 Å². The van der Waals surface area contributed by atoms with Crippen LogP contribution < -0.4 is 0 Å². The van der Waals surface area contributed by atoms with Gasteiger partial charge in [-0.15, -0.1) is 0 Å². The van der Waals surface area contributed by atoms with Gasteiger partial charge in [-0.25, -0.2) is 4.79 Å². The van der Waals surface area contributed by atoms with Crippen LogP contribution in [0.5, 0.6) is 0 Å². The van der Waals surface area contributed by atoms with Crippen molar-refractivity contribution in [2.24, 2.45) is 5.92 Å². The molecule has 0 aromatic carbocycles. The Morgan fingerprint density at radius 2 is 1.64 bits per heavy atom. The van der Waals surface area contributed by atoms with Crippen molar-refractivity contribution >= 4 is 22.2 Å². The fourth-order valence-corrected chi connectivity index (χ4v) is 4.87. The highest BCUT2D eigenvalue weighted by molar-refractivity contribution is 7.86. The lowest BCUT2D eigenvalue weighted by molar-refractivity contribution is -0.150. The Labute approximate surface area is 197 Å². The Morgan fingerprint density at radius 3 is 2.15 bits per heavy atom. The maximum Gasteiger partial charge on any atom is 0.410 e. The average Bonchev–Trinajstić information content (AvgIpc) is 3.02. The van der Waals surface area contributed by atoms with Gasteiger partial charge in [-0.1, -0.05) is 0 Å². The summed E-state index contributed by atoms with van der Waals surface area (Å²) in [4.78, 5) is 26.3. The minimum Gasteiger partial charge on any atom is -0.466 e. The van der Waals surface area contributed by atoms with Gasteiger partial charge in [0, 0.05) is 6.61 Å². The van der Waals surface area contributed by atoms with Crippen molar-refractivity contribution in [3.8, 4) is 0 Å². The Bertz CT molecular complexity index is 756. The molecule has 2 aliphatic rings. The second-order valence-corrected chi connectivity index (χ2v) is 11.1. The highest BCUT2D eigenvalue weighted by atomic mass is 32.2. The van der Waals surface area contributed by atoms with Gasteiger partial charge in [0.2, 0.25) is 0 Å². The highest BCUT2D eigenvalue weighted by Gasteiger charge is 2.48. The molecule has 0 unspecified atom stereocenters. The number of likely N-dealkylation sites (tertiary alicyclic amines) is 1. The quantitative estimate of drug-likeness (QED) is 0.353. The first-order valence-electron chi connectivity index (χ1n) is 11.6. The minimum absolute atomic E-state index is 0.0102. The molecule has 0 bridgehead atoms. The maximum atomic E-state index is 12.9. The number of hydrogen-bond donors (Lipinski definition) is 0. The first-order chi connectivity index (χ1) is 15.3. The molecule has 0 spiro atoms. The van der Waals surface area contributed by atoms with Gasteiger partial charge in [0.1, 0.15) is 17.8 Å². The molecule has 11 heteroatoms. The molecule has 192 valence electrons. The second-order valence-electron chi connectivity index (χ2n) is 9.52. The van der Waals surface area contributed by atoms with Crippen LogP contribution in [-0.4, -0.2) is 88.0 Å². The van der Waals surface area contributed by atoms with Crippen molar-refractivity contribution in [1.29, 1.82) is 0 Å². The number of esters is 1. The molecule has 1 aliphatic carbocycles. The van der Waals surface area contributed by atoms with Crippen LogP contribution in [0.25, 0.3) is 0 Å². The first-order valence-corrected chi connectivity index (χ1v) is 13.4. The zero-order valence-corrected chi connectivity index (χ0v) is 21.4. The summed E-state index contributed by atoms with van der Waals surface area (Å²) in [5.74, 6) is -0.279. The third-order valence-corrected chi connectivity index (χ3v) is 6.20. The topological polar surface area (TPSA) is 118 Å². The van der Waals surface area contributed by atoms with E-state index in [1.54, 1.807) is 34.6 Å². The van der Waals surface area contributed by atoms with Gasteiger partial charge in [0.15, 0.2) is 0 Å². The van der Waals surface area contributed by atoms with Crippen molar-refractivity contribution in [1.82, 2.24) is 4.90 Å². The van der Waals surface area contributed by atoms with E-state index in [9.17, 15) is 18.0 Å². The van der Waals surface area contributed by atoms with Crippen LogP contribution in [0.15, 0.2) is 0 Å². The summed E-state index contributed by atoms with van der Waals surface area (Å²) in [6.45, 7) is 9.71. The molecule has 2 fully saturated rings. The summed E-state index contributed by atoms with van der Waals surface area (Å²) in [6, 6.07) is -0.575. The number of hydrogen-bond acceptors (Lipinski definition) is 9. The average molecular weight is 494 g/mol. The normalized spacial score (nSPS) is 28.5. The Hall–Kier alpha value is -1.43. The number of carbonyl (C=O) groups is 2. The van der Waals surface area contributed by atoms with E-state index in [2.05, 4.69) is 0 Å². The summed E-state index contributed by atoms with van der Waals surface area (Å²) in [5, 5.41) is 0. The standard InChI is InChI=1S/C22H39NO9S/c1-7-28-19-17(14-30-16-11-9-15(10-12-16)20(24)29-8-2)23(21(25)31-22(3,4)5)13-18(19)32-33(6,26)27/h15-19H,7-14H2,1-6H3/t15-,16-,17-,18+,19-/m1/s1. The predicted molar refractivity (Wildman–Crippen MR) is 120 cm³/mol. The van der Waals surface area contributed by atoms with E-state index in [0.29, 0.717) is 38.9 Å². The number of ether oxygens (including phenoxy) is 4. The van der Waals surface area contributed by atoms with Crippen molar-refractivity contribution in [3.63, 3.8) is 0 Å². The smallest absolute Gasteiger partial charge is 0.410 e. The summed E-state index contributed by atoms with van der Waals surface area (Å²) >= 11 is 0. The van der Waals surface area contributed by atoms with Crippen molar-refractivity contribution in [2.45, 2.75) is 90.3 Å². The second kappa shape index (κ2) is 11.8. The number of nitrogens with zero attached hydrogens (tertiary/aromatic N) is 1. The summed E-state index contributed by atoms with van der Waals surface area (Å²) in [7, 11) is -3.76. The van der Waals surface area contributed by atoms with Gasteiger partial charge in [-0.2, -0.15) is 8.42 Å². The molecule has 1 aliphatic heterocycles. The molecule has 1 saturated carbocycles. The molecule has 0 radical (unpaired) electrons. The van der Waals surface area contributed by atoms with Crippen molar-refractivity contribution < 1.29 is 41.1 Å². The van der Waals surface area contributed by atoms with E-state index >= 15 is 0 Å².